The zero-order chi connectivity index (χ0) is 9.52. The van der Waals surface area contributed by atoms with E-state index in [0.717, 1.165) is 25.3 Å². The van der Waals surface area contributed by atoms with Crippen LogP contribution in [0.4, 0.5) is 0 Å². The van der Waals surface area contributed by atoms with Gasteiger partial charge in [-0.15, -0.1) is 6.61 Å². The Morgan fingerprint density at radius 1 is 1.21 bits per heavy atom. The van der Waals surface area contributed by atoms with Gasteiger partial charge in [-0.05, 0) is 44.8 Å². The molecular weight excluding hydrogens is 201 g/mol. The van der Waals surface area contributed by atoms with E-state index in [9.17, 15) is 5.11 Å². The Labute approximate surface area is 131 Å². The summed E-state index contributed by atoms with van der Waals surface area (Å²) in [5.41, 5.74) is 0. The van der Waals surface area contributed by atoms with E-state index in [4.69, 9.17) is 0 Å². The van der Waals surface area contributed by atoms with Gasteiger partial charge in [-0.2, -0.15) is 0 Å². The first-order valence-electron chi connectivity index (χ1n) is 5.67. The Kier molecular flexibility index (Phi) is 10.8. The minimum absolute atomic E-state index is 0. The molecule has 0 saturated carbocycles. The van der Waals surface area contributed by atoms with Gasteiger partial charge in [-0.3, -0.25) is 0 Å². The molecule has 0 radical (unpaired) electrons. The molecule has 0 aromatic heterocycles. The standard InChI is InChI=1S/C11H22NO.K/c1-2-11-5-8-12(9-6-11)7-3-4-10-13;/h11H,2-10H2,1H3;/q-1;+1. The van der Waals surface area contributed by atoms with E-state index in [1.54, 1.807) is 0 Å². The second kappa shape index (κ2) is 9.76. The molecule has 14 heavy (non-hydrogen) atoms. The molecule has 0 atom stereocenters. The van der Waals surface area contributed by atoms with Gasteiger partial charge in [0.15, 0.2) is 0 Å². The van der Waals surface area contributed by atoms with Crippen molar-refractivity contribution < 1.29 is 56.5 Å². The first-order valence-corrected chi connectivity index (χ1v) is 5.67. The summed E-state index contributed by atoms with van der Waals surface area (Å²) in [5.74, 6) is 0.968. The van der Waals surface area contributed by atoms with E-state index in [1.807, 2.05) is 0 Å². The van der Waals surface area contributed by atoms with Crippen LogP contribution in [-0.2, 0) is 0 Å². The summed E-state index contributed by atoms with van der Waals surface area (Å²) in [6.45, 7) is 6.07. The zero-order valence-electron chi connectivity index (χ0n) is 9.80. The van der Waals surface area contributed by atoms with Crippen molar-refractivity contribution in [2.75, 3.05) is 26.2 Å². The Hall–Kier alpha value is 1.56. The van der Waals surface area contributed by atoms with Crippen molar-refractivity contribution in [2.24, 2.45) is 5.92 Å². The van der Waals surface area contributed by atoms with Crippen LogP contribution >= 0.6 is 0 Å². The normalized spacial score (nSPS) is 19.3. The van der Waals surface area contributed by atoms with E-state index in [1.165, 1.54) is 32.4 Å². The number of nitrogens with zero attached hydrogens (tertiary/aromatic N) is 1. The third-order valence-corrected chi connectivity index (χ3v) is 3.15. The molecule has 0 aliphatic carbocycles. The van der Waals surface area contributed by atoms with Crippen LogP contribution in [0.2, 0.25) is 0 Å². The molecule has 0 aromatic carbocycles. The summed E-state index contributed by atoms with van der Waals surface area (Å²) >= 11 is 0. The van der Waals surface area contributed by atoms with Crippen LogP contribution in [0.1, 0.15) is 39.0 Å². The second-order valence-corrected chi connectivity index (χ2v) is 4.10. The summed E-state index contributed by atoms with van der Waals surface area (Å²) in [6, 6.07) is 0. The minimum Gasteiger partial charge on any atom is -0.854 e. The van der Waals surface area contributed by atoms with Crippen molar-refractivity contribution in [3.05, 3.63) is 0 Å². The zero-order valence-corrected chi connectivity index (χ0v) is 12.9. The summed E-state index contributed by atoms with van der Waals surface area (Å²) in [4.78, 5) is 2.52. The van der Waals surface area contributed by atoms with Crippen molar-refractivity contribution in [3.63, 3.8) is 0 Å². The van der Waals surface area contributed by atoms with Crippen LogP contribution in [0.5, 0.6) is 0 Å². The molecule has 78 valence electrons. The van der Waals surface area contributed by atoms with Crippen LogP contribution in [0.25, 0.3) is 0 Å². The van der Waals surface area contributed by atoms with Gasteiger partial charge in [-0.25, -0.2) is 0 Å². The average Bonchev–Trinajstić information content (AvgIpc) is 2.19. The molecule has 0 N–H and O–H groups in total. The van der Waals surface area contributed by atoms with Crippen LogP contribution in [-0.4, -0.2) is 31.1 Å². The van der Waals surface area contributed by atoms with Crippen LogP contribution in [0.3, 0.4) is 0 Å². The third kappa shape index (κ3) is 6.21. The first-order chi connectivity index (χ1) is 6.36. The van der Waals surface area contributed by atoms with Gasteiger partial charge in [0.25, 0.3) is 0 Å². The number of piperidine rings is 1. The quantitative estimate of drug-likeness (QED) is 0.408. The molecule has 2 nitrogen and oxygen atoms in total. The first kappa shape index (κ1) is 15.6. The number of unbranched alkanes of at least 4 members (excludes halogenated alkanes) is 1. The maximum Gasteiger partial charge on any atom is 1.00 e. The number of hydrogen-bond acceptors (Lipinski definition) is 2. The van der Waals surface area contributed by atoms with Gasteiger partial charge in [0.2, 0.25) is 0 Å². The fourth-order valence-corrected chi connectivity index (χ4v) is 2.06. The average molecular weight is 223 g/mol. The number of hydrogen-bond donors (Lipinski definition) is 0. The molecule has 1 fully saturated rings. The molecule has 1 aliphatic heterocycles. The summed E-state index contributed by atoms with van der Waals surface area (Å²) in [5, 5.41) is 10.3. The van der Waals surface area contributed by atoms with Crippen molar-refractivity contribution in [1.29, 1.82) is 0 Å². The fraction of sp³-hybridized carbons (Fsp3) is 1.00. The largest absolute Gasteiger partial charge is 1.00 e. The van der Waals surface area contributed by atoms with Crippen LogP contribution in [0.15, 0.2) is 0 Å². The van der Waals surface area contributed by atoms with Gasteiger partial charge >= 0.3 is 51.4 Å². The van der Waals surface area contributed by atoms with E-state index < -0.39 is 0 Å². The van der Waals surface area contributed by atoms with Crippen molar-refractivity contribution >= 4 is 0 Å². The molecular formula is C11H22KNO. The van der Waals surface area contributed by atoms with E-state index in [2.05, 4.69) is 11.8 Å². The molecule has 3 heteroatoms. The molecule has 0 unspecified atom stereocenters. The van der Waals surface area contributed by atoms with Gasteiger partial charge in [0.1, 0.15) is 0 Å². The monoisotopic (exact) mass is 223 g/mol. The van der Waals surface area contributed by atoms with E-state index >= 15 is 0 Å². The van der Waals surface area contributed by atoms with Gasteiger partial charge in [0.05, 0.1) is 0 Å². The predicted molar refractivity (Wildman–Crippen MR) is 53.6 cm³/mol. The predicted octanol–water partition coefficient (Wildman–Crippen LogP) is -1.75. The Morgan fingerprint density at radius 3 is 2.36 bits per heavy atom. The van der Waals surface area contributed by atoms with E-state index in [0.29, 0.717) is 0 Å². The molecule has 0 spiro atoms. The maximum absolute atomic E-state index is 10.3. The SMILES string of the molecule is CCC1CCN(CCCC[O-])CC1.[K+]. The molecule has 1 rings (SSSR count). The van der Waals surface area contributed by atoms with Gasteiger partial charge in [-0.1, -0.05) is 19.8 Å². The molecule has 1 heterocycles. The summed E-state index contributed by atoms with van der Waals surface area (Å²) < 4.78 is 0. The van der Waals surface area contributed by atoms with Crippen LogP contribution in [0, 0.1) is 5.92 Å². The Morgan fingerprint density at radius 2 is 1.86 bits per heavy atom. The minimum atomic E-state index is 0. The Balaban J connectivity index is 0.00000169. The second-order valence-electron chi connectivity index (χ2n) is 4.10. The van der Waals surface area contributed by atoms with Crippen molar-refractivity contribution in [1.82, 2.24) is 4.90 Å². The van der Waals surface area contributed by atoms with Gasteiger partial charge in [0, 0.05) is 0 Å². The van der Waals surface area contributed by atoms with E-state index in [-0.39, 0.29) is 58.0 Å². The molecule has 1 aliphatic rings. The fourth-order valence-electron chi connectivity index (χ4n) is 2.06. The topological polar surface area (TPSA) is 26.3 Å². The molecule has 0 aromatic rings. The third-order valence-electron chi connectivity index (χ3n) is 3.15. The smallest absolute Gasteiger partial charge is 0.854 e. The maximum atomic E-state index is 10.3. The van der Waals surface area contributed by atoms with Gasteiger partial charge < -0.3 is 10.0 Å². The van der Waals surface area contributed by atoms with Crippen LogP contribution < -0.4 is 56.5 Å². The molecule has 0 amide bonds. The summed E-state index contributed by atoms with van der Waals surface area (Å²) in [7, 11) is 0. The Bertz CT molecular complexity index is 122. The molecule has 0 bridgehead atoms. The number of rotatable bonds is 5. The molecule has 1 saturated heterocycles. The number of likely N-dealkylation sites (tertiary alicyclic amines) is 1. The summed E-state index contributed by atoms with van der Waals surface area (Å²) in [6.07, 6.45) is 6.03. The van der Waals surface area contributed by atoms with Crippen molar-refractivity contribution in [3.8, 4) is 0 Å². The van der Waals surface area contributed by atoms with Crippen molar-refractivity contribution in [2.45, 2.75) is 39.0 Å².